The zero-order valence-corrected chi connectivity index (χ0v) is 14.1. The lowest BCUT2D eigenvalue weighted by atomic mass is 10.1. The number of fused-ring (bicyclic) bond motifs is 1. The molecule has 6 nitrogen and oxygen atoms in total. The number of benzene rings is 2. The van der Waals surface area contributed by atoms with Gasteiger partial charge in [0.15, 0.2) is 0 Å². The van der Waals surface area contributed by atoms with E-state index in [0.29, 0.717) is 17.2 Å². The van der Waals surface area contributed by atoms with Gasteiger partial charge in [-0.05, 0) is 29.8 Å². The topological polar surface area (TPSA) is 65.1 Å². The van der Waals surface area contributed by atoms with Gasteiger partial charge in [-0.15, -0.1) is 0 Å². The Bertz CT molecular complexity index is 789. The van der Waals surface area contributed by atoms with Crippen LogP contribution in [0.5, 0.6) is 11.5 Å². The molecule has 130 valence electrons. The van der Waals surface area contributed by atoms with Crippen LogP contribution in [0.3, 0.4) is 0 Å². The predicted molar refractivity (Wildman–Crippen MR) is 91.9 cm³/mol. The molecular formula is C19H19NO5. The number of hydrogen-bond donors (Lipinski definition) is 0. The Hall–Kier alpha value is -3.02. The summed E-state index contributed by atoms with van der Waals surface area (Å²) in [5.74, 6) is 0.551. The molecular weight excluding hydrogens is 322 g/mol. The maximum atomic E-state index is 12.9. The number of hydrogen-bond acceptors (Lipinski definition) is 5. The first-order valence-corrected chi connectivity index (χ1v) is 7.89. The number of rotatable bonds is 4. The summed E-state index contributed by atoms with van der Waals surface area (Å²) in [6.45, 7) is 0.118. The largest absolute Gasteiger partial charge is 0.497 e. The summed E-state index contributed by atoms with van der Waals surface area (Å²) >= 11 is 0. The van der Waals surface area contributed by atoms with Gasteiger partial charge >= 0.3 is 5.97 Å². The van der Waals surface area contributed by atoms with E-state index in [9.17, 15) is 9.59 Å². The van der Waals surface area contributed by atoms with E-state index in [1.165, 1.54) is 7.11 Å². The van der Waals surface area contributed by atoms with Gasteiger partial charge in [0.2, 0.25) is 12.0 Å². The average Bonchev–Trinajstić information content (AvgIpc) is 2.66. The van der Waals surface area contributed by atoms with Crippen LogP contribution in [-0.4, -0.2) is 38.7 Å². The molecule has 0 radical (unpaired) electrons. The van der Waals surface area contributed by atoms with Crippen LogP contribution in [0.15, 0.2) is 48.5 Å². The zero-order valence-electron chi connectivity index (χ0n) is 14.1. The third kappa shape index (κ3) is 3.57. The Morgan fingerprint density at radius 1 is 1.16 bits per heavy atom. The van der Waals surface area contributed by atoms with Crippen LogP contribution in [0.1, 0.15) is 5.56 Å². The van der Waals surface area contributed by atoms with Crippen LogP contribution < -0.4 is 14.4 Å². The van der Waals surface area contributed by atoms with Crippen molar-refractivity contribution in [2.75, 3.05) is 25.7 Å². The first-order chi connectivity index (χ1) is 12.1. The van der Waals surface area contributed by atoms with Crippen molar-refractivity contribution in [3.63, 3.8) is 0 Å². The first kappa shape index (κ1) is 16.8. The van der Waals surface area contributed by atoms with Gasteiger partial charge < -0.3 is 19.1 Å². The molecule has 0 bridgehead atoms. The molecule has 1 atom stereocenters. The molecule has 0 fully saturated rings. The summed E-state index contributed by atoms with van der Waals surface area (Å²) in [6.07, 6.45) is -0.645. The molecule has 0 saturated carbocycles. The van der Waals surface area contributed by atoms with Crippen molar-refractivity contribution in [3.05, 3.63) is 54.1 Å². The van der Waals surface area contributed by atoms with Gasteiger partial charge in [0.1, 0.15) is 11.5 Å². The fourth-order valence-corrected chi connectivity index (χ4v) is 2.78. The van der Waals surface area contributed by atoms with Gasteiger partial charge in [0.25, 0.3) is 0 Å². The quantitative estimate of drug-likeness (QED) is 0.798. The van der Waals surface area contributed by atoms with Crippen LogP contribution in [-0.2, 0) is 20.7 Å². The first-order valence-electron chi connectivity index (χ1n) is 7.89. The molecule has 25 heavy (non-hydrogen) atoms. The maximum absolute atomic E-state index is 12.9. The normalized spacial score (nSPS) is 15.8. The molecule has 1 amide bonds. The molecule has 3 rings (SSSR count). The smallest absolute Gasteiger partial charge is 0.348 e. The van der Waals surface area contributed by atoms with Crippen LogP contribution in [0.2, 0.25) is 0 Å². The van der Waals surface area contributed by atoms with Gasteiger partial charge in [-0.1, -0.05) is 24.3 Å². The van der Waals surface area contributed by atoms with E-state index < -0.39 is 12.1 Å². The Morgan fingerprint density at radius 2 is 1.96 bits per heavy atom. The van der Waals surface area contributed by atoms with E-state index in [-0.39, 0.29) is 18.9 Å². The van der Waals surface area contributed by atoms with Gasteiger partial charge in [-0.25, -0.2) is 4.79 Å². The molecule has 1 aliphatic heterocycles. The fraction of sp³-hybridized carbons (Fsp3) is 0.263. The molecule has 0 aliphatic carbocycles. The van der Waals surface area contributed by atoms with Crippen LogP contribution in [0.4, 0.5) is 5.69 Å². The maximum Gasteiger partial charge on any atom is 0.348 e. The van der Waals surface area contributed by atoms with Gasteiger partial charge in [-0.2, -0.15) is 0 Å². The molecule has 1 aliphatic rings. The van der Waals surface area contributed by atoms with E-state index in [1.54, 1.807) is 30.2 Å². The van der Waals surface area contributed by atoms with Crippen LogP contribution in [0, 0.1) is 0 Å². The van der Waals surface area contributed by atoms with Crippen molar-refractivity contribution >= 4 is 17.6 Å². The van der Waals surface area contributed by atoms with Crippen molar-refractivity contribution in [1.82, 2.24) is 0 Å². The van der Waals surface area contributed by atoms with Gasteiger partial charge in [0, 0.05) is 0 Å². The van der Waals surface area contributed by atoms with Crippen LogP contribution >= 0.6 is 0 Å². The number of ether oxygens (including phenoxy) is 3. The van der Waals surface area contributed by atoms with E-state index in [1.807, 2.05) is 30.3 Å². The van der Waals surface area contributed by atoms with E-state index in [0.717, 1.165) is 5.56 Å². The second kappa shape index (κ2) is 7.25. The number of amides is 1. The molecule has 0 saturated heterocycles. The lowest BCUT2D eigenvalue weighted by Gasteiger charge is -2.33. The summed E-state index contributed by atoms with van der Waals surface area (Å²) in [6, 6.07) is 14.5. The minimum absolute atomic E-state index is 0.118. The summed E-state index contributed by atoms with van der Waals surface area (Å²) in [5.41, 5.74) is 1.48. The molecule has 6 heteroatoms. The summed E-state index contributed by atoms with van der Waals surface area (Å²) in [5, 5.41) is 0. The van der Waals surface area contributed by atoms with E-state index in [2.05, 4.69) is 0 Å². The summed E-state index contributed by atoms with van der Waals surface area (Å²) in [7, 11) is 2.88. The lowest BCUT2D eigenvalue weighted by Crippen LogP contribution is -2.48. The molecule has 0 aromatic heterocycles. The Kier molecular flexibility index (Phi) is 4.88. The monoisotopic (exact) mass is 341 g/mol. The Morgan fingerprint density at radius 3 is 2.72 bits per heavy atom. The Balaban J connectivity index is 1.86. The fourth-order valence-electron chi connectivity index (χ4n) is 2.78. The number of esters is 1. The number of para-hydroxylation sites is 2. The number of carbonyl (C=O) groups excluding carboxylic acids is 2. The minimum Gasteiger partial charge on any atom is -0.497 e. The second-order valence-corrected chi connectivity index (χ2v) is 5.63. The van der Waals surface area contributed by atoms with E-state index >= 15 is 0 Å². The van der Waals surface area contributed by atoms with Crippen LogP contribution in [0.25, 0.3) is 0 Å². The highest BCUT2D eigenvalue weighted by Crippen LogP contribution is 2.33. The van der Waals surface area contributed by atoms with E-state index in [4.69, 9.17) is 14.2 Å². The molecule has 0 N–H and O–H groups in total. The molecule has 1 heterocycles. The lowest BCUT2D eigenvalue weighted by molar-refractivity contribution is -0.148. The molecule has 2 aromatic rings. The number of anilines is 1. The summed E-state index contributed by atoms with van der Waals surface area (Å²) in [4.78, 5) is 26.3. The predicted octanol–water partition coefficient (Wildman–Crippen LogP) is 2.20. The van der Waals surface area contributed by atoms with Crippen molar-refractivity contribution in [3.8, 4) is 11.5 Å². The van der Waals surface area contributed by atoms with Crippen molar-refractivity contribution in [2.45, 2.75) is 12.5 Å². The van der Waals surface area contributed by atoms with Crippen molar-refractivity contribution in [1.29, 1.82) is 0 Å². The third-order valence-electron chi connectivity index (χ3n) is 4.03. The van der Waals surface area contributed by atoms with Crippen molar-refractivity contribution < 1.29 is 23.8 Å². The number of carbonyl (C=O) groups is 2. The van der Waals surface area contributed by atoms with Crippen molar-refractivity contribution in [2.24, 2.45) is 0 Å². The summed E-state index contributed by atoms with van der Waals surface area (Å²) < 4.78 is 15.6. The second-order valence-electron chi connectivity index (χ2n) is 5.63. The Labute approximate surface area is 145 Å². The SMILES string of the molecule is COC(=O)C1CN(C(=O)Cc2cccc(OC)c2)c2ccccc2O1. The number of methoxy groups -OCH3 is 2. The zero-order chi connectivity index (χ0) is 17.8. The molecule has 1 unspecified atom stereocenters. The van der Waals surface area contributed by atoms with Gasteiger partial charge in [-0.3, -0.25) is 4.79 Å². The minimum atomic E-state index is -0.839. The highest BCUT2D eigenvalue weighted by atomic mass is 16.6. The average molecular weight is 341 g/mol. The molecule has 0 spiro atoms. The number of nitrogens with zero attached hydrogens (tertiary/aromatic N) is 1. The highest BCUT2D eigenvalue weighted by molar-refractivity contribution is 5.98. The standard InChI is InChI=1S/C19H19NO5/c1-23-14-7-5-6-13(10-14)11-18(21)20-12-17(19(22)24-2)25-16-9-4-3-8-15(16)20/h3-10,17H,11-12H2,1-2H3. The third-order valence-corrected chi connectivity index (χ3v) is 4.03. The van der Waals surface area contributed by atoms with Gasteiger partial charge in [0.05, 0.1) is 32.9 Å². The highest BCUT2D eigenvalue weighted by Gasteiger charge is 2.34. The molecule has 2 aromatic carbocycles.